The van der Waals surface area contributed by atoms with Crippen molar-refractivity contribution < 1.29 is 9.59 Å². The number of hydrazine groups is 1. The smallest absolute Gasteiger partial charge is 0.269 e. The highest BCUT2D eigenvalue weighted by Crippen LogP contribution is 2.26. The second kappa shape index (κ2) is 11.0. The first-order chi connectivity index (χ1) is 16.5. The number of thioether (sulfide) groups is 1. The molecule has 4 aromatic rings. The van der Waals surface area contributed by atoms with Crippen LogP contribution in [0.3, 0.4) is 0 Å². The maximum absolute atomic E-state index is 12.4. The van der Waals surface area contributed by atoms with E-state index < -0.39 is 0 Å². The summed E-state index contributed by atoms with van der Waals surface area (Å²) in [5.74, 6) is 0.00123. The van der Waals surface area contributed by atoms with Crippen molar-refractivity contribution >= 4 is 35.2 Å². The molecule has 3 aromatic carbocycles. The molecule has 0 saturated heterocycles. The number of amides is 2. The normalized spacial score (nSPS) is 10.6. The number of nitrogens with one attached hydrogen (secondary N) is 2. The number of hydrogen-bond donors (Lipinski definition) is 2. The average Bonchev–Trinajstić information content (AvgIpc) is 3.25. The quantitative estimate of drug-likeness (QED) is 0.293. The zero-order valence-corrected chi connectivity index (χ0v) is 19.9. The van der Waals surface area contributed by atoms with E-state index in [1.54, 1.807) is 24.3 Å². The van der Waals surface area contributed by atoms with Crippen LogP contribution < -0.4 is 10.9 Å². The predicted molar refractivity (Wildman–Crippen MR) is 134 cm³/mol. The first-order valence-corrected chi connectivity index (χ1v) is 11.9. The van der Waals surface area contributed by atoms with Gasteiger partial charge in [-0.3, -0.25) is 25.0 Å². The lowest BCUT2D eigenvalue weighted by molar-refractivity contribution is -0.119. The van der Waals surface area contributed by atoms with E-state index in [1.165, 1.54) is 11.8 Å². The Balaban J connectivity index is 1.44. The van der Waals surface area contributed by atoms with E-state index in [0.717, 1.165) is 16.7 Å². The molecule has 172 valence electrons. The van der Waals surface area contributed by atoms with E-state index in [1.807, 2.05) is 66.1 Å². The first-order valence-electron chi connectivity index (χ1n) is 10.5. The van der Waals surface area contributed by atoms with Gasteiger partial charge in [0.25, 0.3) is 5.91 Å². The van der Waals surface area contributed by atoms with Crippen LogP contribution in [-0.2, 0) is 11.3 Å². The van der Waals surface area contributed by atoms with Crippen LogP contribution >= 0.6 is 23.4 Å². The number of carbonyl (C=O) groups excluding carboxylic acids is 2. The first kappa shape index (κ1) is 23.5. The second-order valence-electron chi connectivity index (χ2n) is 7.54. The van der Waals surface area contributed by atoms with Crippen LogP contribution in [0.5, 0.6) is 0 Å². The average molecular weight is 492 g/mol. The third-order valence-corrected chi connectivity index (χ3v) is 6.18. The minimum absolute atomic E-state index is 0.0573. The zero-order chi connectivity index (χ0) is 23.9. The van der Waals surface area contributed by atoms with Gasteiger partial charge in [0.05, 0.1) is 12.3 Å². The Bertz CT molecular complexity index is 1280. The molecule has 1 aromatic heterocycles. The topological polar surface area (TPSA) is 88.9 Å². The fourth-order valence-corrected chi connectivity index (χ4v) is 4.05. The van der Waals surface area contributed by atoms with E-state index in [-0.39, 0.29) is 17.6 Å². The monoisotopic (exact) mass is 491 g/mol. The van der Waals surface area contributed by atoms with E-state index in [4.69, 9.17) is 11.6 Å². The molecule has 34 heavy (non-hydrogen) atoms. The molecule has 9 heteroatoms. The number of nitrogens with zero attached hydrogens (tertiary/aromatic N) is 3. The molecule has 0 aliphatic heterocycles. The minimum Gasteiger partial charge on any atom is -0.298 e. The molecule has 0 spiro atoms. The van der Waals surface area contributed by atoms with Crippen LogP contribution in [0.4, 0.5) is 0 Å². The van der Waals surface area contributed by atoms with Gasteiger partial charge < -0.3 is 0 Å². The summed E-state index contributed by atoms with van der Waals surface area (Å²) in [6.45, 7) is 2.48. The SMILES string of the molecule is Cc1ccc(C(=O)NNC(=O)CSc2nnc(-c3ccc(Cl)cc3)n2Cc2ccccc2)cc1. The van der Waals surface area contributed by atoms with E-state index in [9.17, 15) is 9.59 Å². The van der Waals surface area contributed by atoms with Crippen LogP contribution in [0.1, 0.15) is 21.5 Å². The number of halogens is 1. The summed E-state index contributed by atoms with van der Waals surface area (Å²) in [6.07, 6.45) is 0. The Morgan fingerprint density at radius 3 is 2.32 bits per heavy atom. The molecule has 0 bridgehead atoms. The van der Waals surface area contributed by atoms with Crippen molar-refractivity contribution in [1.29, 1.82) is 0 Å². The van der Waals surface area contributed by atoms with Crippen molar-refractivity contribution in [2.75, 3.05) is 5.75 Å². The number of hydrogen-bond acceptors (Lipinski definition) is 5. The summed E-state index contributed by atoms with van der Waals surface area (Å²) in [7, 11) is 0. The number of aryl methyl sites for hydroxylation is 1. The highest BCUT2D eigenvalue weighted by atomic mass is 35.5. The molecule has 7 nitrogen and oxygen atoms in total. The largest absolute Gasteiger partial charge is 0.298 e. The molecule has 1 heterocycles. The summed E-state index contributed by atoms with van der Waals surface area (Å²) < 4.78 is 1.96. The van der Waals surface area contributed by atoms with Gasteiger partial charge in [0.15, 0.2) is 11.0 Å². The zero-order valence-electron chi connectivity index (χ0n) is 18.4. The van der Waals surface area contributed by atoms with E-state index >= 15 is 0 Å². The molecule has 0 saturated carbocycles. The van der Waals surface area contributed by atoms with Gasteiger partial charge in [0.1, 0.15) is 0 Å². The summed E-state index contributed by atoms with van der Waals surface area (Å²) in [5, 5.41) is 9.90. The molecule has 0 fully saturated rings. The fraction of sp³-hybridized carbons (Fsp3) is 0.120. The standard InChI is InChI=1S/C25H22ClN5O2S/c1-17-7-9-20(10-8-17)24(33)29-27-22(32)16-34-25-30-28-23(19-11-13-21(26)14-12-19)31(25)15-18-5-3-2-4-6-18/h2-14H,15-16H2,1H3,(H,27,32)(H,29,33). The van der Waals surface area contributed by atoms with Gasteiger partial charge in [0.2, 0.25) is 5.91 Å². The van der Waals surface area contributed by atoms with Gasteiger partial charge in [-0.25, -0.2) is 0 Å². The molecule has 0 unspecified atom stereocenters. The van der Waals surface area contributed by atoms with E-state index in [0.29, 0.717) is 28.1 Å². The molecule has 0 radical (unpaired) electrons. The Hall–Kier alpha value is -3.62. The van der Waals surface area contributed by atoms with Crippen molar-refractivity contribution in [3.63, 3.8) is 0 Å². The third-order valence-electron chi connectivity index (χ3n) is 4.96. The molecule has 0 atom stereocenters. The van der Waals surface area contributed by atoms with Crippen LogP contribution in [0.25, 0.3) is 11.4 Å². The van der Waals surface area contributed by atoms with Gasteiger partial charge in [0, 0.05) is 16.1 Å². The van der Waals surface area contributed by atoms with Gasteiger partial charge in [-0.05, 0) is 48.9 Å². The lowest BCUT2D eigenvalue weighted by Crippen LogP contribution is -2.42. The van der Waals surface area contributed by atoms with Crippen LogP contribution in [-0.4, -0.2) is 32.3 Å². The molecule has 0 aliphatic rings. The number of carbonyl (C=O) groups is 2. The summed E-state index contributed by atoms with van der Waals surface area (Å²) >= 11 is 7.28. The van der Waals surface area contributed by atoms with Crippen molar-refractivity contribution in [1.82, 2.24) is 25.6 Å². The minimum atomic E-state index is -0.379. The fourth-order valence-electron chi connectivity index (χ4n) is 3.19. The van der Waals surface area contributed by atoms with Gasteiger partial charge >= 0.3 is 0 Å². The van der Waals surface area contributed by atoms with E-state index in [2.05, 4.69) is 21.0 Å². The van der Waals surface area contributed by atoms with Crippen molar-refractivity contribution in [2.45, 2.75) is 18.6 Å². The highest BCUT2D eigenvalue weighted by molar-refractivity contribution is 7.99. The molecular weight excluding hydrogens is 470 g/mol. The van der Waals surface area contributed by atoms with Crippen LogP contribution in [0, 0.1) is 6.92 Å². The van der Waals surface area contributed by atoms with Crippen molar-refractivity contribution in [2.24, 2.45) is 0 Å². The maximum atomic E-state index is 12.4. The van der Waals surface area contributed by atoms with Crippen molar-refractivity contribution in [3.05, 3.63) is 101 Å². The molecular formula is C25H22ClN5O2S. The van der Waals surface area contributed by atoms with Gasteiger partial charge in [-0.2, -0.15) is 0 Å². The molecule has 2 amide bonds. The number of benzene rings is 3. The maximum Gasteiger partial charge on any atom is 0.269 e. The Morgan fingerprint density at radius 1 is 0.912 bits per heavy atom. The van der Waals surface area contributed by atoms with Crippen molar-refractivity contribution in [3.8, 4) is 11.4 Å². The van der Waals surface area contributed by atoms with Gasteiger partial charge in [-0.1, -0.05) is 71.4 Å². The lowest BCUT2D eigenvalue weighted by atomic mass is 10.1. The summed E-state index contributed by atoms with van der Waals surface area (Å²) in [4.78, 5) is 24.6. The Labute approximate surface area is 206 Å². The lowest BCUT2D eigenvalue weighted by Gasteiger charge is -2.11. The molecule has 0 aliphatic carbocycles. The van der Waals surface area contributed by atoms with Crippen LogP contribution in [0.2, 0.25) is 5.02 Å². The predicted octanol–water partition coefficient (Wildman–Crippen LogP) is 4.51. The van der Waals surface area contributed by atoms with Gasteiger partial charge in [-0.15, -0.1) is 10.2 Å². The Morgan fingerprint density at radius 2 is 1.62 bits per heavy atom. The number of aromatic nitrogens is 3. The molecule has 4 rings (SSSR count). The highest BCUT2D eigenvalue weighted by Gasteiger charge is 2.16. The second-order valence-corrected chi connectivity index (χ2v) is 8.92. The summed E-state index contributed by atoms with van der Waals surface area (Å²) in [6, 6.07) is 24.4. The molecule has 2 N–H and O–H groups in total. The third kappa shape index (κ3) is 6.03. The number of rotatable bonds is 7. The van der Waals surface area contributed by atoms with Crippen LogP contribution in [0.15, 0.2) is 84.0 Å². The Kier molecular flexibility index (Phi) is 7.61. The summed E-state index contributed by atoms with van der Waals surface area (Å²) in [5.41, 5.74) is 8.35.